The van der Waals surface area contributed by atoms with E-state index in [1.165, 1.54) is 0 Å². The van der Waals surface area contributed by atoms with Crippen molar-refractivity contribution in [1.82, 2.24) is 4.90 Å². The molecule has 0 atom stereocenters. The third kappa shape index (κ3) is 3.11. The normalized spacial score (nSPS) is 24.6. The van der Waals surface area contributed by atoms with Crippen molar-refractivity contribution in [2.45, 2.75) is 13.8 Å². The average molecular weight is 191 g/mol. The minimum Gasteiger partial charge on any atom is -0.301 e. The van der Waals surface area contributed by atoms with Crippen LogP contribution in [-0.4, -0.2) is 44.5 Å². The fraction of sp³-hybridized carbons (Fsp3) is 1.00. The van der Waals surface area contributed by atoms with Crippen molar-refractivity contribution >= 4 is 9.84 Å². The van der Waals surface area contributed by atoms with Crippen LogP contribution in [0.2, 0.25) is 0 Å². The van der Waals surface area contributed by atoms with Crippen LogP contribution in [0, 0.1) is 5.92 Å². The lowest BCUT2D eigenvalue weighted by atomic mass is 10.2. The summed E-state index contributed by atoms with van der Waals surface area (Å²) in [6.45, 7) is 6.78. The molecule has 0 radical (unpaired) electrons. The Morgan fingerprint density at radius 1 is 1.25 bits per heavy atom. The number of nitrogens with zero attached hydrogens (tertiary/aromatic N) is 1. The summed E-state index contributed by atoms with van der Waals surface area (Å²) in [5, 5.41) is 0. The van der Waals surface area contributed by atoms with Gasteiger partial charge in [0.15, 0.2) is 9.84 Å². The van der Waals surface area contributed by atoms with Gasteiger partial charge in [-0.3, -0.25) is 0 Å². The van der Waals surface area contributed by atoms with Crippen molar-refractivity contribution < 1.29 is 8.42 Å². The van der Waals surface area contributed by atoms with Crippen LogP contribution < -0.4 is 0 Å². The van der Waals surface area contributed by atoms with Crippen molar-refractivity contribution in [3.05, 3.63) is 0 Å². The minimum atomic E-state index is -2.69. The van der Waals surface area contributed by atoms with E-state index in [4.69, 9.17) is 0 Å². The first kappa shape index (κ1) is 9.99. The van der Waals surface area contributed by atoms with E-state index >= 15 is 0 Å². The Balaban J connectivity index is 2.36. The Labute approximate surface area is 74.7 Å². The molecule has 0 N–H and O–H groups in total. The molecule has 0 aliphatic carbocycles. The maximum absolute atomic E-state index is 11.1. The Morgan fingerprint density at radius 2 is 1.75 bits per heavy atom. The predicted octanol–water partition coefficient (Wildman–Crippen LogP) is 0.373. The molecule has 1 aliphatic rings. The lowest BCUT2D eigenvalue weighted by Crippen LogP contribution is -2.41. The minimum absolute atomic E-state index is 0.347. The Hall–Kier alpha value is -0.0900. The zero-order valence-electron chi connectivity index (χ0n) is 7.78. The Morgan fingerprint density at radius 3 is 2.17 bits per heavy atom. The predicted molar refractivity (Wildman–Crippen MR) is 49.9 cm³/mol. The molecule has 0 saturated carbocycles. The van der Waals surface area contributed by atoms with Crippen LogP contribution in [0.15, 0.2) is 0 Å². The Bertz CT molecular complexity index is 219. The van der Waals surface area contributed by atoms with Gasteiger partial charge >= 0.3 is 0 Å². The topological polar surface area (TPSA) is 37.4 Å². The third-order valence-corrected chi connectivity index (χ3v) is 3.67. The summed E-state index contributed by atoms with van der Waals surface area (Å²) in [4.78, 5) is 2.23. The quantitative estimate of drug-likeness (QED) is 0.633. The molecule has 1 aliphatic heterocycles. The van der Waals surface area contributed by atoms with E-state index in [0.717, 1.165) is 19.6 Å². The second kappa shape index (κ2) is 3.75. The van der Waals surface area contributed by atoms with Crippen LogP contribution in [-0.2, 0) is 9.84 Å². The van der Waals surface area contributed by atoms with Gasteiger partial charge in [-0.2, -0.15) is 0 Å². The number of rotatable bonds is 2. The van der Waals surface area contributed by atoms with E-state index in [9.17, 15) is 8.42 Å². The zero-order chi connectivity index (χ0) is 9.19. The van der Waals surface area contributed by atoms with Gasteiger partial charge in [-0.05, 0) is 5.92 Å². The van der Waals surface area contributed by atoms with Gasteiger partial charge in [-0.25, -0.2) is 8.42 Å². The third-order valence-electron chi connectivity index (χ3n) is 2.06. The van der Waals surface area contributed by atoms with E-state index in [2.05, 4.69) is 18.7 Å². The molecule has 12 heavy (non-hydrogen) atoms. The van der Waals surface area contributed by atoms with Gasteiger partial charge in [-0.15, -0.1) is 0 Å². The summed E-state index contributed by atoms with van der Waals surface area (Å²) < 4.78 is 22.1. The van der Waals surface area contributed by atoms with Crippen molar-refractivity contribution in [3.63, 3.8) is 0 Å². The van der Waals surface area contributed by atoms with Crippen molar-refractivity contribution in [2.24, 2.45) is 5.92 Å². The van der Waals surface area contributed by atoms with E-state index in [1.54, 1.807) is 0 Å². The second-order valence-electron chi connectivity index (χ2n) is 3.85. The van der Waals surface area contributed by atoms with Gasteiger partial charge < -0.3 is 4.90 Å². The molecule has 1 fully saturated rings. The maximum Gasteiger partial charge on any atom is 0.152 e. The fourth-order valence-electron chi connectivity index (χ4n) is 1.45. The van der Waals surface area contributed by atoms with Crippen molar-refractivity contribution in [3.8, 4) is 0 Å². The molecule has 1 rings (SSSR count). The van der Waals surface area contributed by atoms with E-state index in [0.29, 0.717) is 17.4 Å². The highest BCUT2D eigenvalue weighted by Crippen LogP contribution is 2.06. The molecule has 0 aromatic heterocycles. The van der Waals surface area contributed by atoms with Gasteiger partial charge in [0.25, 0.3) is 0 Å². The van der Waals surface area contributed by atoms with E-state index in [-0.39, 0.29) is 0 Å². The second-order valence-corrected chi connectivity index (χ2v) is 6.15. The first-order valence-corrected chi connectivity index (χ1v) is 6.24. The van der Waals surface area contributed by atoms with Crippen LogP contribution in [0.3, 0.4) is 0 Å². The van der Waals surface area contributed by atoms with Crippen LogP contribution in [0.25, 0.3) is 0 Å². The maximum atomic E-state index is 11.1. The highest BCUT2D eigenvalue weighted by atomic mass is 32.2. The van der Waals surface area contributed by atoms with E-state index < -0.39 is 9.84 Å². The number of hydrogen-bond acceptors (Lipinski definition) is 3. The summed E-state index contributed by atoms with van der Waals surface area (Å²) in [5.41, 5.74) is 0. The molecule has 0 aromatic carbocycles. The molecule has 0 aromatic rings. The summed E-state index contributed by atoms with van der Waals surface area (Å²) in [7, 11) is -2.69. The van der Waals surface area contributed by atoms with Crippen LogP contribution in [0.5, 0.6) is 0 Å². The summed E-state index contributed by atoms with van der Waals surface area (Å²) in [6, 6.07) is 0. The fourth-order valence-corrected chi connectivity index (χ4v) is 2.73. The average Bonchev–Trinajstić information content (AvgIpc) is 1.93. The first-order valence-electron chi connectivity index (χ1n) is 4.42. The van der Waals surface area contributed by atoms with Crippen LogP contribution in [0.4, 0.5) is 0 Å². The molecule has 72 valence electrons. The number of sulfone groups is 1. The van der Waals surface area contributed by atoms with Gasteiger partial charge in [0.05, 0.1) is 11.5 Å². The molecular formula is C8H17NO2S. The molecule has 0 bridgehead atoms. The highest BCUT2D eigenvalue weighted by Gasteiger charge is 2.21. The van der Waals surface area contributed by atoms with Gasteiger partial charge in [0, 0.05) is 19.6 Å². The van der Waals surface area contributed by atoms with Crippen molar-refractivity contribution in [1.29, 1.82) is 0 Å². The lowest BCUT2D eigenvalue weighted by molar-refractivity contribution is 0.263. The molecule has 4 heteroatoms. The Kier molecular flexibility index (Phi) is 3.12. The van der Waals surface area contributed by atoms with E-state index in [1.807, 2.05) is 0 Å². The highest BCUT2D eigenvalue weighted by molar-refractivity contribution is 7.91. The first-order chi connectivity index (χ1) is 5.49. The molecule has 0 unspecified atom stereocenters. The van der Waals surface area contributed by atoms with Crippen LogP contribution >= 0.6 is 0 Å². The largest absolute Gasteiger partial charge is 0.301 e. The zero-order valence-corrected chi connectivity index (χ0v) is 8.60. The molecule has 3 nitrogen and oxygen atoms in total. The molecular weight excluding hydrogens is 174 g/mol. The molecule has 1 saturated heterocycles. The SMILES string of the molecule is CC(C)CN1CCS(=O)(=O)CC1. The monoisotopic (exact) mass is 191 g/mol. The van der Waals surface area contributed by atoms with Gasteiger partial charge in [0.1, 0.15) is 0 Å². The number of hydrogen-bond donors (Lipinski definition) is 0. The van der Waals surface area contributed by atoms with Gasteiger partial charge in [0.2, 0.25) is 0 Å². The van der Waals surface area contributed by atoms with Gasteiger partial charge in [-0.1, -0.05) is 13.8 Å². The summed E-state index contributed by atoms with van der Waals surface area (Å²) >= 11 is 0. The lowest BCUT2D eigenvalue weighted by Gasteiger charge is -2.27. The smallest absolute Gasteiger partial charge is 0.152 e. The molecule has 0 spiro atoms. The molecule has 1 heterocycles. The summed E-state index contributed by atoms with van der Waals surface area (Å²) in [6.07, 6.45) is 0. The van der Waals surface area contributed by atoms with Crippen LogP contribution in [0.1, 0.15) is 13.8 Å². The molecule has 0 amide bonds. The summed E-state index contributed by atoms with van der Waals surface area (Å²) in [5.74, 6) is 1.32. The van der Waals surface area contributed by atoms with Crippen molar-refractivity contribution in [2.75, 3.05) is 31.1 Å². The standard InChI is InChI=1S/C8H17NO2S/c1-8(2)7-9-3-5-12(10,11)6-4-9/h8H,3-7H2,1-2H3.